The maximum atomic E-state index is 12.2. The quantitative estimate of drug-likeness (QED) is 0.722. The Bertz CT molecular complexity index is 1100. The summed E-state index contributed by atoms with van der Waals surface area (Å²) in [7, 11) is 1.58. The molecule has 1 aromatic heterocycles. The molecule has 0 atom stereocenters. The predicted octanol–water partition coefficient (Wildman–Crippen LogP) is 2.75. The minimum Gasteiger partial charge on any atom is -0.368 e. The molecular weight excluding hydrogens is 404 g/mol. The van der Waals surface area contributed by atoms with Crippen molar-refractivity contribution in [2.24, 2.45) is 12.0 Å². The molecule has 162 valence electrons. The first-order valence-corrected chi connectivity index (χ1v) is 11.3. The van der Waals surface area contributed by atoms with Gasteiger partial charge in [0.25, 0.3) is 5.62 Å². The summed E-state index contributed by atoms with van der Waals surface area (Å²) in [5.74, 6) is 2.13. The summed E-state index contributed by atoms with van der Waals surface area (Å²) in [6, 6.07) is 8.16. The van der Waals surface area contributed by atoms with Gasteiger partial charge in [0.2, 0.25) is 0 Å². The molecule has 0 unspecified atom stereocenters. The fraction of sp³-hybridized carbons (Fsp3) is 0.476. The van der Waals surface area contributed by atoms with E-state index in [9.17, 15) is 9.59 Å². The molecule has 2 aromatic rings. The van der Waals surface area contributed by atoms with E-state index in [0.29, 0.717) is 6.54 Å². The van der Waals surface area contributed by atoms with Gasteiger partial charge in [0, 0.05) is 43.8 Å². The van der Waals surface area contributed by atoms with Crippen molar-refractivity contribution in [3.8, 4) is 0 Å². The summed E-state index contributed by atoms with van der Waals surface area (Å²) < 4.78 is 13.5. The number of anilines is 1. The van der Waals surface area contributed by atoms with Gasteiger partial charge >= 0.3 is 11.3 Å². The number of hydrogen-bond donors (Lipinski definition) is 0. The van der Waals surface area contributed by atoms with Crippen LogP contribution in [0.15, 0.2) is 54.0 Å². The van der Waals surface area contributed by atoms with Crippen molar-refractivity contribution < 1.29 is 9.05 Å². The van der Waals surface area contributed by atoms with E-state index in [2.05, 4.69) is 4.90 Å². The van der Waals surface area contributed by atoms with E-state index in [0.717, 1.165) is 66.5 Å². The zero-order valence-electron chi connectivity index (χ0n) is 17.7. The summed E-state index contributed by atoms with van der Waals surface area (Å²) in [6.07, 6.45) is 1.68. The SMILES string of the molecule is CCCCn1oc(=O)ccc(=O)on(C)c1=Nc1c(C)cccc1N1CCSCC1. The fourth-order valence-electron chi connectivity index (χ4n) is 3.20. The van der Waals surface area contributed by atoms with E-state index in [1.54, 1.807) is 7.05 Å². The molecule has 3 rings (SSSR count). The predicted molar refractivity (Wildman–Crippen MR) is 119 cm³/mol. The second-order valence-corrected chi connectivity index (χ2v) is 8.29. The Morgan fingerprint density at radius 2 is 1.77 bits per heavy atom. The van der Waals surface area contributed by atoms with Gasteiger partial charge in [-0.05, 0) is 25.0 Å². The molecule has 0 N–H and O–H groups in total. The van der Waals surface area contributed by atoms with Gasteiger partial charge in [-0.3, -0.25) is 0 Å². The Morgan fingerprint density at radius 1 is 1.07 bits per heavy atom. The van der Waals surface area contributed by atoms with E-state index < -0.39 is 11.3 Å². The lowest BCUT2D eigenvalue weighted by Gasteiger charge is -2.29. The lowest BCUT2D eigenvalue weighted by atomic mass is 10.1. The number of para-hydroxylation sites is 1. The lowest BCUT2D eigenvalue weighted by Crippen LogP contribution is -2.33. The smallest absolute Gasteiger partial charge is 0.356 e. The normalized spacial score (nSPS) is 14.6. The van der Waals surface area contributed by atoms with Crippen molar-refractivity contribution in [1.82, 2.24) is 9.48 Å². The fourth-order valence-corrected chi connectivity index (χ4v) is 4.10. The third kappa shape index (κ3) is 5.47. The van der Waals surface area contributed by atoms with Crippen molar-refractivity contribution >= 4 is 23.1 Å². The molecule has 0 aliphatic carbocycles. The summed E-state index contributed by atoms with van der Waals surface area (Å²) in [4.78, 5) is 31.3. The van der Waals surface area contributed by atoms with E-state index >= 15 is 0 Å². The molecule has 0 amide bonds. The van der Waals surface area contributed by atoms with Crippen LogP contribution >= 0.6 is 11.8 Å². The molecule has 1 saturated heterocycles. The van der Waals surface area contributed by atoms with Crippen LogP contribution in [-0.4, -0.2) is 34.1 Å². The molecule has 0 bridgehead atoms. The lowest BCUT2D eigenvalue weighted by molar-refractivity contribution is 0.174. The first kappa shape index (κ1) is 22.0. The highest BCUT2D eigenvalue weighted by Gasteiger charge is 2.16. The second kappa shape index (κ2) is 10.4. The number of benzene rings is 1. The van der Waals surface area contributed by atoms with Crippen LogP contribution in [0.1, 0.15) is 25.3 Å². The van der Waals surface area contributed by atoms with Crippen LogP contribution in [0.5, 0.6) is 0 Å². The Morgan fingerprint density at radius 3 is 2.47 bits per heavy atom. The van der Waals surface area contributed by atoms with Gasteiger partial charge < -0.3 is 13.9 Å². The van der Waals surface area contributed by atoms with Crippen molar-refractivity contribution in [3.63, 3.8) is 0 Å². The van der Waals surface area contributed by atoms with Gasteiger partial charge in [-0.25, -0.2) is 14.6 Å². The largest absolute Gasteiger partial charge is 0.368 e. The minimum absolute atomic E-state index is 0.246. The van der Waals surface area contributed by atoms with Crippen molar-refractivity contribution in [1.29, 1.82) is 0 Å². The van der Waals surface area contributed by atoms with Crippen LogP contribution in [0.4, 0.5) is 11.4 Å². The Hall–Kier alpha value is -2.68. The van der Waals surface area contributed by atoms with Gasteiger partial charge in [-0.15, -0.1) is 0 Å². The highest BCUT2D eigenvalue weighted by Crippen LogP contribution is 2.33. The minimum atomic E-state index is -0.669. The molecule has 0 radical (unpaired) electrons. The van der Waals surface area contributed by atoms with Gasteiger partial charge in [0.15, 0.2) is 0 Å². The topological polar surface area (TPSA) is 85.9 Å². The number of aryl methyl sites for hydroxylation is 3. The maximum Gasteiger partial charge on any atom is 0.356 e. The molecule has 1 fully saturated rings. The zero-order valence-corrected chi connectivity index (χ0v) is 18.5. The zero-order chi connectivity index (χ0) is 21.5. The highest BCUT2D eigenvalue weighted by molar-refractivity contribution is 7.99. The average Bonchev–Trinajstić information content (AvgIpc) is 2.79. The summed E-state index contributed by atoms with van der Waals surface area (Å²) in [5, 5.41) is 0. The number of aromatic nitrogens is 2. The Balaban J connectivity index is 2.33. The molecular formula is C21H28N4O4S. The molecule has 1 aliphatic rings. The maximum absolute atomic E-state index is 12.2. The van der Waals surface area contributed by atoms with E-state index in [-0.39, 0.29) is 5.62 Å². The number of hydrogen-bond acceptors (Lipinski definition) is 7. The van der Waals surface area contributed by atoms with Crippen molar-refractivity contribution in [2.75, 3.05) is 29.5 Å². The monoisotopic (exact) mass is 432 g/mol. The molecule has 1 aliphatic heterocycles. The van der Waals surface area contributed by atoms with Crippen LogP contribution in [0.2, 0.25) is 0 Å². The van der Waals surface area contributed by atoms with Crippen LogP contribution in [0, 0.1) is 6.92 Å². The molecule has 0 saturated carbocycles. The highest BCUT2D eigenvalue weighted by atomic mass is 32.2. The van der Waals surface area contributed by atoms with Crippen LogP contribution in [-0.2, 0) is 13.6 Å². The van der Waals surface area contributed by atoms with E-state index in [1.165, 1.54) is 9.48 Å². The first-order valence-electron chi connectivity index (χ1n) is 10.1. The van der Waals surface area contributed by atoms with Gasteiger partial charge in [0.05, 0.1) is 17.9 Å². The third-order valence-corrected chi connectivity index (χ3v) is 5.72. The van der Waals surface area contributed by atoms with Crippen LogP contribution < -0.4 is 21.8 Å². The third-order valence-electron chi connectivity index (χ3n) is 4.78. The van der Waals surface area contributed by atoms with Crippen LogP contribution in [0.25, 0.3) is 0 Å². The standard InChI is InChI=1S/C21H28N4O4S/c1-4-5-11-25-21(23(3)28-18(26)9-10-19(27)29-25)22-20-16(2)7-6-8-17(20)24-12-14-30-15-13-24/h6-10H,4-5,11-15H2,1-3H3. The summed E-state index contributed by atoms with van der Waals surface area (Å²) in [5.41, 5.74) is 1.70. The van der Waals surface area contributed by atoms with E-state index in [4.69, 9.17) is 14.0 Å². The molecule has 30 heavy (non-hydrogen) atoms. The summed E-state index contributed by atoms with van der Waals surface area (Å²) >= 11 is 1.94. The van der Waals surface area contributed by atoms with Crippen molar-refractivity contribution in [3.05, 3.63) is 62.4 Å². The van der Waals surface area contributed by atoms with Crippen molar-refractivity contribution in [2.45, 2.75) is 33.2 Å². The molecule has 9 heteroatoms. The molecule has 1 aromatic carbocycles. The molecule has 2 heterocycles. The van der Waals surface area contributed by atoms with Gasteiger partial charge in [-0.2, -0.15) is 21.2 Å². The molecule has 0 spiro atoms. The second-order valence-electron chi connectivity index (χ2n) is 7.06. The summed E-state index contributed by atoms with van der Waals surface area (Å²) in [6.45, 7) is 6.35. The number of rotatable bonds is 5. The average molecular weight is 433 g/mol. The number of thioether (sulfide) groups is 1. The van der Waals surface area contributed by atoms with E-state index in [1.807, 2.05) is 43.8 Å². The number of unbranched alkanes of at least 4 members (excludes halogenated alkanes) is 1. The number of nitrogens with zero attached hydrogens (tertiary/aromatic N) is 4. The molecule has 8 nitrogen and oxygen atoms in total. The van der Waals surface area contributed by atoms with Crippen LogP contribution in [0.3, 0.4) is 0 Å². The van der Waals surface area contributed by atoms with Gasteiger partial charge in [0.1, 0.15) is 0 Å². The first-order chi connectivity index (χ1) is 14.5. The Kier molecular flexibility index (Phi) is 7.62. The Labute approximate surface area is 179 Å². The van der Waals surface area contributed by atoms with Gasteiger partial charge in [-0.1, -0.05) is 25.5 Å².